The number of thiazole rings is 1. The maximum absolute atomic E-state index is 12.3. The van der Waals surface area contributed by atoms with Crippen LogP contribution in [0.15, 0.2) is 82.4 Å². The number of nitrogens with zero attached hydrogens (tertiary/aromatic N) is 2. The van der Waals surface area contributed by atoms with Crippen LogP contribution in [-0.2, 0) is 19.5 Å². The van der Waals surface area contributed by atoms with Gasteiger partial charge in [-0.05, 0) is 78.9 Å². The summed E-state index contributed by atoms with van der Waals surface area (Å²) in [5, 5.41) is 16.3. The SMILES string of the molecule is C.CC(C)CC(SC#N)C(=O)c1ccc(Cl)c(Cl)c1.CC(C)Cc1sc(NCc2cccc(=O)[nH]2)nc1-c1ccc(Cl)c(Cl)c1.NCc1cccc(=O)[nH]1. The zero-order valence-corrected chi connectivity index (χ0v) is 34.2. The lowest BCUT2D eigenvalue weighted by Gasteiger charge is -2.14. The number of H-pyrrole nitrogens is 2. The number of carbonyl (C=O) groups excluding carboxylic acids is 1. The van der Waals surface area contributed by atoms with Gasteiger partial charge < -0.3 is 21.0 Å². The maximum atomic E-state index is 12.3. The molecule has 0 radical (unpaired) electrons. The molecule has 0 bridgehead atoms. The van der Waals surface area contributed by atoms with Crippen molar-refractivity contribution in [2.45, 2.75) is 66.3 Å². The van der Waals surface area contributed by atoms with E-state index in [-0.39, 0.29) is 29.6 Å². The Bertz CT molecular complexity index is 2130. The molecule has 5 rings (SSSR count). The first kappa shape index (κ1) is 46.6. The summed E-state index contributed by atoms with van der Waals surface area (Å²) in [5.41, 5.74) is 8.99. The van der Waals surface area contributed by atoms with E-state index in [2.05, 4.69) is 29.1 Å². The van der Waals surface area contributed by atoms with Gasteiger partial charge in [-0.15, -0.1) is 11.3 Å². The fourth-order valence-corrected chi connectivity index (χ4v) is 7.36. The summed E-state index contributed by atoms with van der Waals surface area (Å²) >= 11 is 26.5. The van der Waals surface area contributed by atoms with Crippen molar-refractivity contribution >= 4 is 80.4 Å². The van der Waals surface area contributed by atoms with Gasteiger partial charge in [-0.3, -0.25) is 14.4 Å². The van der Waals surface area contributed by atoms with Gasteiger partial charge in [0.05, 0.1) is 37.6 Å². The van der Waals surface area contributed by atoms with Gasteiger partial charge in [0.1, 0.15) is 5.40 Å². The minimum Gasteiger partial charge on any atom is -0.356 e. The van der Waals surface area contributed by atoms with Gasteiger partial charge in [-0.2, -0.15) is 5.26 Å². The molecule has 0 spiro atoms. The number of halogens is 4. The Morgan fingerprint density at radius 3 is 1.98 bits per heavy atom. The van der Waals surface area contributed by atoms with E-state index in [1.165, 1.54) is 17.0 Å². The molecule has 2 aromatic carbocycles. The summed E-state index contributed by atoms with van der Waals surface area (Å²) in [6.07, 6.45) is 1.59. The summed E-state index contributed by atoms with van der Waals surface area (Å²) in [6, 6.07) is 20.4. The van der Waals surface area contributed by atoms with E-state index in [0.29, 0.717) is 57.0 Å². The molecule has 0 aliphatic heterocycles. The maximum Gasteiger partial charge on any atom is 0.248 e. The normalized spacial score (nSPS) is 11.0. The van der Waals surface area contributed by atoms with E-state index >= 15 is 0 Å². The van der Waals surface area contributed by atoms with Crippen molar-refractivity contribution < 1.29 is 4.79 Å². The summed E-state index contributed by atoms with van der Waals surface area (Å²) in [7, 11) is 0. The Hall–Kier alpha value is -3.60. The van der Waals surface area contributed by atoms with Crippen molar-refractivity contribution in [1.29, 1.82) is 5.26 Å². The van der Waals surface area contributed by atoms with Gasteiger partial charge in [0, 0.05) is 46.1 Å². The first-order chi connectivity index (χ1) is 25.2. The number of ketones is 1. The fraction of sp³-hybridized carbons (Fsp3) is 0.308. The van der Waals surface area contributed by atoms with E-state index in [9.17, 15) is 14.4 Å². The molecule has 0 amide bonds. The predicted molar refractivity (Wildman–Crippen MR) is 229 cm³/mol. The van der Waals surface area contributed by atoms with E-state index in [1.807, 2.05) is 37.4 Å². The molecule has 1 atom stereocenters. The molecular weight excluding hydrogens is 806 g/mol. The molecule has 3 heterocycles. The third-order valence-corrected chi connectivity index (χ3v) is 10.5. The lowest BCUT2D eigenvalue weighted by molar-refractivity contribution is 0.0982. The van der Waals surface area contributed by atoms with Gasteiger partial charge in [0.2, 0.25) is 11.1 Å². The minimum absolute atomic E-state index is 0. The number of nitrogens with two attached hydrogens (primary N) is 1. The number of nitrogens with one attached hydrogen (secondary N) is 3. The summed E-state index contributed by atoms with van der Waals surface area (Å²) in [5.74, 6) is 0.784. The van der Waals surface area contributed by atoms with Crippen molar-refractivity contribution in [2.24, 2.45) is 17.6 Å². The number of benzene rings is 2. The van der Waals surface area contributed by atoms with E-state index < -0.39 is 0 Å². The number of hydrogen-bond donors (Lipinski definition) is 4. The van der Waals surface area contributed by atoms with Crippen LogP contribution in [0, 0.1) is 22.5 Å². The standard InChI is InChI=1S/C19H19Cl2N3OS.C13H13Cl2NOS.C6H8N2O.CH4/c1-11(2)8-16-18(12-6-7-14(20)15(21)9-12)24-19(26-16)22-10-13-4-3-5-17(25)23-13;1-8(2)5-12(18-7-16)13(17)9-3-4-10(14)11(15)6-9;7-4-5-2-1-3-6(9)8-5;/h3-7,9,11H,8,10H2,1-2H3,(H,22,24)(H,23,25);3-4,6,8,12H,5H2,1-2H3;1-3H,4,7H2,(H,8,9);1H4. The number of aromatic amines is 2. The number of pyridine rings is 2. The first-order valence-corrected chi connectivity index (χ1v) is 19.7. The predicted octanol–water partition coefficient (Wildman–Crippen LogP) is 10.9. The zero-order chi connectivity index (χ0) is 39.1. The van der Waals surface area contributed by atoms with Crippen molar-refractivity contribution in [2.75, 3.05) is 5.32 Å². The highest BCUT2D eigenvalue weighted by Crippen LogP contribution is 2.36. The van der Waals surface area contributed by atoms with Crippen molar-refractivity contribution in [3.05, 3.63) is 135 Å². The topological polar surface area (TPSA) is 158 Å². The number of thiocyanates is 1. The number of aromatic nitrogens is 3. The number of carbonyl (C=O) groups is 1. The number of nitriles is 1. The number of thioether (sulfide) groups is 1. The molecule has 0 saturated heterocycles. The van der Waals surface area contributed by atoms with Crippen LogP contribution in [-0.4, -0.2) is 26.0 Å². The zero-order valence-electron chi connectivity index (χ0n) is 29.5. The molecule has 0 saturated carbocycles. The molecule has 288 valence electrons. The Morgan fingerprint density at radius 2 is 1.46 bits per heavy atom. The van der Waals surface area contributed by atoms with Crippen molar-refractivity contribution in [1.82, 2.24) is 15.0 Å². The van der Waals surface area contributed by atoms with Gasteiger partial charge >= 0.3 is 0 Å². The lowest BCUT2D eigenvalue weighted by Crippen LogP contribution is -2.19. The highest BCUT2D eigenvalue weighted by molar-refractivity contribution is 8.05. The number of rotatable bonds is 12. The van der Waals surface area contributed by atoms with Crippen molar-refractivity contribution in [3.63, 3.8) is 0 Å². The molecule has 5 aromatic rings. The fourth-order valence-electron chi connectivity index (χ4n) is 4.72. The molecule has 5 N–H and O–H groups in total. The summed E-state index contributed by atoms with van der Waals surface area (Å²) < 4.78 is 0. The third kappa shape index (κ3) is 15.3. The van der Waals surface area contributed by atoms with Crippen LogP contribution in [0.1, 0.15) is 68.2 Å². The average Bonchev–Trinajstić information content (AvgIpc) is 3.51. The Labute approximate surface area is 344 Å². The quantitative estimate of drug-likeness (QED) is 0.0714. The second kappa shape index (κ2) is 23.3. The second-order valence-electron chi connectivity index (χ2n) is 12.5. The monoisotopic (exact) mass is 848 g/mol. The van der Waals surface area contributed by atoms with Crippen LogP contribution < -0.4 is 22.2 Å². The molecule has 15 heteroatoms. The van der Waals surface area contributed by atoms with E-state index in [1.54, 1.807) is 53.8 Å². The molecular formula is C39H44Cl4N6O3S2. The van der Waals surface area contributed by atoms with Crippen LogP contribution in [0.2, 0.25) is 20.1 Å². The lowest BCUT2D eigenvalue weighted by atomic mass is 10.0. The molecule has 0 aliphatic rings. The van der Waals surface area contributed by atoms with Crippen LogP contribution in [0.3, 0.4) is 0 Å². The summed E-state index contributed by atoms with van der Waals surface area (Å²) in [4.78, 5) is 45.5. The molecule has 0 aliphatic carbocycles. The molecule has 0 fully saturated rings. The number of anilines is 1. The Morgan fingerprint density at radius 1 is 0.870 bits per heavy atom. The molecule has 1 unspecified atom stereocenters. The summed E-state index contributed by atoms with van der Waals surface area (Å²) in [6.45, 7) is 9.29. The van der Waals surface area contributed by atoms with Gasteiger partial charge in [-0.1, -0.05) is 99.7 Å². The van der Waals surface area contributed by atoms with Crippen LogP contribution in [0.5, 0.6) is 0 Å². The first-order valence-electron chi connectivity index (χ1n) is 16.5. The largest absolute Gasteiger partial charge is 0.356 e. The van der Waals surface area contributed by atoms with E-state index in [0.717, 1.165) is 46.0 Å². The third-order valence-electron chi connectivity index (χ3n) is 7.17. The molecule has 9 nitrogen and oxygen atoms in total. The van der Waals surface area contributed by atoms with Crippen molar-refractivity contribution in [3.8, 4) is 16.7 Å². The van der Waals surface area contributed by atoms with Gasteiger partial charge in [0.25, 0.3) is 0 Å². The Kier molecular flexibility index (Phi) is 20.1. The van der Waals surface area contributed by atoms with Gasteiger partial charge in [0.15, 0.2) is 10.9 Å². The number of Topliss-reactive ketones (excluding diaryl/α,β-unsaturated/α-hetero) is 1. The smallest absolute Gasteiger partial charge is 0.248 e. The second-order valence-corrected chi connectivity index (χ2v) is 16.2. The molecule has 54 heavy (non-hydrogen) atoms. The van der Waals surface area contributed by atoms with Crippen LogP contribution in [0.4, 0.5) is 5.13 Å². The highest BCUT2D eigenvalue weighted by atomic mass is 35.5. The van der Waals surface area contributed by atoms with Gasteiger partial charge in [-0.25, -0.2) is 4.98 Å². The number of hydrogen-bond acceptors (Lipinski definition) is 9. The average molecular weight is 851 g/mol. The highest BCUT2D eigenvalue weighted by Gasteiger charge is 2.22. The van der Waals surface area contributed by atoms with Crippen LogP contribution in [0.25, 0.3) is 11.3 Å². The minimum atomic E-state index is -0.354. The van der Waals surface area contributed by atoms with E-state index in [4.69, 9.17) is 62.4 Å². The molecule has 3 aromatic heterocycles. The Balaban J connectivity index is 0.000000312. The van der Waals surface area contributed by atoms with Crippen LogP contribution >= 0.6 is 69.5 Å².